The van der Waals surface area contributed by atoms with E-state index in [0.29, 0.717) is 23.4 Å². The van der Waals surface area contributed by atoms with E-state index in [-0.39, 0.29) is 16.8 Å². The van der Waals surface area contributed by atoms with Crippen LogP contribution in [0.25, 0.3) is 0 Å². The van der Waals surface area contributed by atoms with Crippen LogP contribution in [-0.4, -0.2) is 29.1 Å². The monoisotopic (exact) mass is 336 g/mol. The first-order valence-electron chi connectivity index (χ1n) is 7.57. The van der Waals surface area contributed by atoms with E-state index in [1.165, 1.54) is 17.8 Å². The molecule has 0 aromatic heterocycles. The Bertz CT molecular complexity index is 786. The second-order valence-corrected chi connectivity index (χ2v) is 6.33. The zero-order valence-corrected chi connectivity index (χ0v) is 13.7. The van der Waals surface area contributed by atoms with E-state index in [9.17, 15) is 9.59 Å². The number of nitrogens with zero attached hydrogens (tertiary/aromatic N) is 1. The second-order valence-electron chi connectivity index (χ2n) is 5.21. The summed E-state index contributed by atoms with van der Waals surface area (Å²) >= 11 is 1.42. The number of hydrazone groups is 1. The molecule has 120 valence electrons. The molecule has 1 aliphatic heterocycles. The molecule has 0 spiro atoms. The fraction of sp³-hybridized carbons (Fsp3) is 0.105. The second kappa shape index (κ2) is 7.75. The third kappa shape index (κ3) is 3.81. The maximum atomic E-state index is 12.5. The van der Waals surface area contributed by atoms with Gasteiger partial charge in [0.15, 0.2) is 5.78 Å². The number of rotatable bonds is 6. The van der Waals surface area contributed by atoms with Gasteiger partial charge in [-0.25, -0.2) is 0 Å². The summed E-state index contributed by atoms with van der Waals surface area (Å²) in [5.41, 5.74) is 4.63. The Morgan fingerprint density at radius 2 is 1.62 bits per heavy atom. The minimum absolute atomic E-state index is 0.0538. The number of nitrogens with one attached hydrogen (secondary N) is 1. The average Bonchev–Trinajstić information content (AvgIpc) is 3.11. The summed E-state index contributed by atoms with van der Waals surface area (Å²) in [5, 5.41) is 5.76. The van der Waals surface area contributed by atoms with Crippen molar-refractivity contribution in [1.82, 2.24) is 5.43 Å². The van der Waals surface area contributed by atoms with E-state index >= 15 is 0 Å². The fourth-order valence-electron chi connectivity index (χ4n) is 2.32. The number of carbonyl (C=O) groups excluding carboxylic acids is 2. The van der Waals surface area contributed by atoms with Crippen LogP contribution < -0.4 is 5.43 Å². The first kappa shape index (κ1) is 16.2. The Morgan fingerprint density at radius 1 is 1.00 bits per heavy atom. The molecule has 4 nitrogen and oxygen atoms in total. The van der Waals surface area contributed by atoms with E-state index in [4.69, 9.17) is 0 Å². The highest BCUT2D eigenvalue weighted by atomic mass is 32.2. The SMILES string of the molecule is O=C(/C=C/SC1CNN=C1C(=O)c1ccccc1)c1ccccc1. The number of carbonyl (C=O) groups is 2. The molecule has 0 bridgehead atoms. The molecule has 3 rings (SSSR count). The average molecular weight is 336 g/mol. The van der Waals surface area contributed by atoms with E-state index in [1.807, 2.05) is 36.4 Å². The molecule has 0 aliphatic carbocycles. The summed E-state index contributed by atoms with van der Waals surface area (Å²) < 4.78 is 0. The van der Waals surface area contributed by atoms with Crippen LogP contribution in [0.3, 0.4) is 0 Å². The van der Waals surface area contributed by atoms with Gasteiger partial charge in [0.2, 0.25) is 5.78 Å². The van der Waals surface area contributed by atoms with Crippen LogP contribution in [0, 0.1) is 0 Å². The third-order valence-electron chi connectivity index (χ3n) is 3.57. The molecule has 1 aliphatic rings. The number of hydrogen-bond donors (Lipinski definition) is 1. The van der Waals surface area contributed by atoms with Gasteiger partial charge in [-0.3, -0.25) is 9.59 Å². The van der Waals surface area contributed by atoms with Crippen molar-refractivity contribution in [2.24, 2.45) is 5.10 Å². The van der Waals surface area contributed by atoms with Crippen LogP contribution in [0.2, 0.25) is 0 Å². The number of Topliss-reactive ketones (excluding diaryl/α,β-unsaturated/α-hetero) is 1. The summed E-state index contributed by atoms with van der Waals surface area (Å²) in [4.78, 5) is 24.5. The molecule has 0 radical (unpaired) electrons. The Labute approximate surface area is 144 Å². The lowest BCUT2D eigenvalue weighted by Gasteiger charge is -2.07. The minimum atomic E-state index is -0.0995. The van der Waals surface area contributed by atoms with Crippen LogP contribution in [0.1, 0.15) is 20.7 Å². The van der Waals surface area contributed by atoms with Gasteiger partial charge in [-0.1, -0.05) is 60.7 Å². The fourth-order valence-corrected chi connectivity index (χ4v) is 3.18. The summed E-state index contributed by atoms with van der Waals surface area (Å²) in [6.45, 7) is 0.572. The van der Waals surface area contributed by atoms with Crippen molar-refractivity contribution in [3.05, 3.63) is 83.3 Å². The zero-order valence-electron chi connectivity index (χ0n) is 12.9. The molecule has 1 atom stereocenters. The molecule has 0 amide bonds. The maximum Gasteiger partial charge on any atom is 0.210 e. The van der Waals surface area contributed by atoms with Gasteiger partial charge in [-0.05, 0) is 11.5 Å². The number of benzene rings is 2. The quantitative estimate of drug-likeness (QED) is 0.649. The van der Waals surface area contributed by atoms with Gasteiger partial charge in [-0.2, -0.15) is 5.10 Å². The summed E-state index contributed by atoms with van der Waals surface area (Å²) in [5.74, 6) is -0.136. The lowest BCUT2D eigenvalue weighted by molar-refractivity contribution is 0.104. The van der Waals surface area contributed by atoms with Gasteiger partial charge >= 0.3 is 0 Å². The Morgan fingerprint density at radius 3 is 2.29 bits per heavy atom. The van der Waals surface area contributed by atoms with Crippen molar-refractivity contribution in [3.63, 3.8) is 0 Å². The number of thioether (sulfide) groups is 1. The molecular weight excluding hydrogens is 320 g/mol. The van der Waals surface area contributed by atoms with Crippen molar-refractivity contribution >= 4 is 29.0 Å². The molecule has 2 aromatic rings. The molecule has 2 aromatic carbocycles. The van der Waals surface area contributed by atoms with Gasteiger partial charge in [0.05, 0.1) is 11.8 Å². The topological polar surface area (TPSA) is 58.5 Å². The van der Waals surface area contributed by atoms with E-state index in [2.05, 4.69) is 10.5 Å². The van der Waals surface area contributed by atoms with Gasteiger partial charge in [0.25, 0.3) is 0 Å². The lowest BCUT2D eigenvalue weighted by atomic mass is 10.1. The van der Waals surface area contributed by atoms with E-state index < -0.39 is 0 Å². The lowest BCUT2D eigenvalue weighted by Crippen LogP contribution is -2.25. The first-order valence-corrected chi connectivity index (χ1v) is 8.51. The molecule has 1 unspecified atom stereocenters. The number of ketones is 2. The molecule has 0 saturated heterocycles. The standard InChI is InChI=1S/C19H16N2O2S/c22-16(14-7-3-1-4-8-14)11-12-24-17-13-20-21-18(17)19(23)15-9-5-2-6-10-15/h1-12,17,20H,13H2/b12-11+. The highest BCUT2D eigenvalue weighted by Crippen LogP contribution is 2.20. The molecular formula is C19H16N2O2S. The van der Waals surface area contributed by atoms with Gasteiger partial charge in [0, 0.05) is 11.1 Å². The number of hydrogen-bond acceptors (Lipinski definition) is 5. The Hall–Kier alpha value is -2.66. The molecule has 24 heavy (non-hydrogen) atoms. The van der Waals surface area contributed by atoms with Crippen molar-refractivity contribution < 1.29 is 9.59 Å². The molecule has 0 fully saturated rings. The molecule has 1 heterocycles. The van der Waals surface area contributed by atoms with Crippen LogP contribution in [-0.2, 0) is 0 Å². The van der Waals surface area contributed by atoms with Crippen LogP contribution in [0.5, 0.6) is 0 Å². The highest BCUT2D eigenvalue weighted by molar-refractivity contribution is 8.03. The van der Waals surface area contributed by atoms with E-state index in [1.54, 1.807) is 29.7 Å². The minimum Gasteiger partial charge on any atom is -0.308 e. The van der Waals surface area contributed by atoms with Gasteiger partial charge in [0.1, 0.15) is 5.71 Å². The smallest absolute Gasteiger partial charge is 0.210 e. The Kier molecular flexibility index (Phi) is 5.23. The molecule has 0 saturated carbocycles. The summed E-state index contributed by atoms with van der Waals surface area (Å²) in [6.07, 6.45) is 1.53. The predicted molar refractivity (Wildman–Crippen MR) is 97.5 cm³/mol. The predicted octanol–water partition coefficient (Wildman–Crippen LogP) is 3.33. The highest BCUT2D eigenvalue weighted by Gasteiger charge is 2.27. The Balaban J connectivity index is 1.63. The molecule has 1 N–H and O–H groups in total. The van der Waals surface area contributed by atoms with Crippen LogP contribution in [0.15, 0.2) is 77.2 Å². The van der Waals surface area contributed by atoms with E-state index in [0.717, 1.165) is 0 Å². The van der Waals surface area contributed by atoms with Gasteiger partial charge < -0.3 is 5.43 Å². The largest absolute Gasteiger partial charge is 0.308 e. The summed E-state index contributed by atoms with van der Waals surface area (Å²) in [6, 6.07) is 18.2. The van der Waals surface area contributed by atoms with Crippen molar-refractivity contribution in [2.75, 3.05) is 6.54 Å². The normalized spacial score (nSPS) is 16.7. The van der Waals surface area contributed by atoms with Crippen LogP contribution >= 0.6 is 11.8 Å². The zero-order chi connectivity index (χ0) is 16.8. The van der Waals surface area contributed by atoms with Crippen molar-refractivity contribution in [1.29, 1.82) is 0 Å². The van der Waals surface area contributed by atoms with Gasteiger partial charge in [-0.15, -0.1) is 11.8 Å². The van der Waals surface area contributed by atoms with Crippen molar-refractivity contribution in [2.45, 2.75) is 5.25 Å². The van der Waals surface area contributed by atoms with Crippen LogP contribution in [0.4, 0.5) is 0 Å². The third-order valence-corrected chi connectivity index (χ3v) is 4.58. The first-order chi connectivity index (χ1) is 11.8. The van der Waals surface area contributed by atoms with Crippen molar-refractivity contribution in [3.8, 4) is 0 Å². The molecule has 5 heteroatoms. The maximum absolute atomic E-state index is 12.5. The summed E-state index contributed by atoms with van der Waals surface area (Å²) in [7, 11) is 0. The number of allylic oxidation sites excluding steroid dienone is 1.